The Kier molecular flexibility index (Phi) is 5.83. The van der Waals surface area contributed by atoms with Gasteiger partial charge in [0.2, 0.25) is 0 Å². The topological polar surface area (TPSA) is 33.6 Å². The van der Waals surface area contributed by atoms with Gasteiger partial charge in [-0.1, -0.05) is 34.8 Å². The molecule has 22 heavy (non-hydrogen) atoms. The minimum absolute atomic E-state index is 0.0731. The molecule has 0 amide bonds. The maximum Gasteiger partial charge on any atom is 0.387 e. The fraction of sp³-hybridized carbons (Fsp3) is 0.0714. The smallest absolute Gasteiger partial charge is 0.387 e. The van der Waals surface area contributed by atoms with Crippen molar-refractivity contribution < 1.29 is 13.5 Å². The molecule has 0 bridgehead atoms. The van der Waals surface area contributed by atoms with Gasteiger partial charge in [0, 0.05) is 5.02 Å². The van der Waals surface area contributed by atoms with Crippen LogP contribution in [0.1, 0.15) is 5.56 Å². The molecule has 0 aliphatic heterocycles. The van der Waals surface area contributed by atoms with Crippen LogP contribution in [-0.2, 0) is 0 Å². The van der Waals surface area contributed by atoms with Crippen LogP contribution >= 0.6 is 34.8 Å². The zero-order valence-electron chi connectivity index (χ0n) is 10.9. The van der Waals surface area contributed by atoms with Gasteiger partial charge < -0.3 is 4.74 Å². The van der Waals surface area contributed by atoms with Crippen LogP contribution in [0, 0.1) is 0 Å². The second-order valence-electron chi connectivity index (χ2n) is 4.06. The fourth-order valence-corrected chi connectivity index (χ4v) is 2.46. The molecular formula is C14H9Cl3F2N2O. The zero-order chi connectivity index (χ0) is 16.1. The van der Waals surface area contributed by atoms with Crippen molar-refractivity contribution in [2.45, 2.75) is 6.61 Å². The first-order valence-electron chi connectivity index (χ1n) is 5.94. The summed E-state index contributed by atoms with van der Waals surface area (Å²) in [5, 5.41) is 5.05. The molecule has 0 aliphatic carbocycles. The molecule has 116 valence electrons. The first-order valence-corrected chi connectivity index (χ1v) is 7.07. The molecule has 0 unspecified atom stereocenters. The number of hydrogen-bond acceptors (Lipinski definition) is 3. The van der Waals surface area contributed by atoms with E-state index in [1.54, 1.807) is 12.1 Å². The van der Waals surface area contributed by atoms with E-state index in [-0.39, 0.29) is 5.75 Å². The Morgan fingerprint density at radius 3 is 2.18 bits per heavy atom. The van der Waals surface area contributed by atoms with Gasteiger partial charge in [-0.05, 0) is 42.0 Å². The van der Waals surface area contributed by atoms with Crippen molar-refractivity contribution in [3.8, 4) is 5.75 Å². The van der Waals surface area contributed by atoms with Crippen molar-refractivity contribution in [2.24, 2.45) is 5.10 Å². The third-order valence-corrected chi connectivity index (χ3v) is 3.32. The molecule has 1 N–H and O–H groups in total. The number of nitrogens with one attached hydrogen (secondary N) is 1. The summed E-state index contributed by atoms with van der Waals surface area (Å²) in [5.41, 5.74) is 3.79. The lowest BCUT2D eigenvalue weighted by Gasteiger charge is -2.06. The highest BCUT2D eigenvalue weighted by Crippen LogP contribution is 2.33. The second kappa shape index (κ2) is 7.63. The van der Waals surface area contributed by atoms with Crippen LogP contribution in [0.2, 0.25) is 15.1 Å². The predicted molar refractivity (Wildman–Crippen MR) is 85.8 cm³/mol. The van der Waals surface area contributed by atoms with Crippen molar-refractivity contribution in [2.75, 3.05) is 5.43 Å². The summed E-state index contributed by atoms with van der Waals surface area (Å²) in [6.45, 7) is -2.85. The number of benzene rings is 2. The van der Waals surface area contributed by atoms with E-state index in [4.69, 9.17) is 34.8 Å². The van der Waals surface area contributed by atoms with E-state index >= 15 is 0 Å². The van der Waals surface area contributed by atoms with Crippen LogP contribution < -0.4 is 10.2 Å². The van der Waals surface area contributed by atoms with Crippen LogP contribution in [0.3, 0.4) is 0 Å². The molecule has 0 saturated heterocycles. The molecule has 0 aliphatic rings. The second-order valence-corrected chi connectivity index (χ2v) is 5.31. The molecule has 0 saturated carbocycles. The molecule has 0 radical (unpaired) electrons. The summed E-state index contributed by atoms with van der Waals surface area (Å²) < 4.78 is 28.3. The number of rotatable bonds is 5. The number of nitrogens with zero attached hydrogens (tertiary/aromatic N) is 1. The van der Waals surface area contributed by atoms with Crippen LogP contribution in [0.25, 0.3) is 0 Å². The van der Waals surface area contributed by atoms with E-state index in [2.05, 4.69) is 15.3 Å². The Hall–Kier alpha value is -1.56. The molecule has 3 nitrogen and oxygen atoms in total. The maximum atomic E-state index is 12.0. The van der Waals surface area contributed by atoms with Crippen molar-refractivity contribution in [3.05, 3.63) is 57.0 Å². The summed E-state index contributed by atoms with van der Waals surface area (Å²) in [6.07, 6.45) is 1.48. The van der Waals surface area contributed by atoms with Gasteiger partial charge >= 0.3 is 6.61 Å². The van der Waals surface area contributed by atoms with Gasteiger partial charge in [0.05, 0.1) is 21.9 Å². The molecular weight excluding hydrogens is 357 g/mol. The maximum absolute atomic E-state index is 12.0. The predicted octanol–water partition coefficient (Wildman–Crippen LogP) is 5.69. The molecule has 0 spiro atoms. The lowest BCUT2D eigenvalue weighted by Crippen LogP contribution is -2.01. The van der Waals surface area contributed by atoms with Crippen molar-refractivity contribution in [1.82, 2.24) is 0 Å². The highest BCUT2D eigenvalue weighted by Gasteiger charge is 2.06. The molecule has 0 atom stereocenters. The van der Waals surface area contributed by atoms with Crippen LogP contribution in [0.15, 0.2) is 41.5 Å². The van der Waals surface area contributed by atoms with Gasteiger partial charge in [-0.3, -0.25) is 5.43 Å². The minimum Gasteiger partial charge on any atom is -0.435 e. The SMILES string of the molecule is FC(F)Oc1ccc(C=NNc2c(Cl)cc(Cl)cc2Cl)cc1. The van der Waals surface area contributed by atoms with E-state index in [1.807, 2.05) is 0 Å². The number of alkyl halides is 2. The van der Waals surface area contributed by atoms with E-state index in [9.17, 15) is 8.78 Å². The van der Waals surface area contributed by atoms with Crippen LogP contribution in [0.5, 0.6) is 5.75 Å². The van der Waals surface area contributed by atoms with E-state index in [0.717, 1.165) is 0 Å². The summed E-state index contributed by atoms with van der Waals surface area (Å²) in [5.74, 6) is 0.0731. The number of halogens is 5. The van der Waals surface area contributed by atoms with Crippen LogP contribution in [-0.4, -0.2) is 12.8 Å². The first-order chi connectivity index (χ1) is 10.5. The summed E-state index contributed by atoms with van der Waals surface area (Å²) >= 11 is 17.8. The number of hydrogen-bond donors (Lipinski definition) is 1. The van der Waals surface area contributed by atoms with Crippen molar-refractivity contribution in [3.63, 3.8) is 0 Å². The monoisotopic (exact) mass is 364 g/mol. The summed E-state index contributed by atoms with van der Waals surface area (Å²) in [7, 11) is 0. The minimum atomic E-state index is -2.85. The van der Waals surface area contributed by atoms with Gasteiger partial charge in [-0.25, -0.2) is 0 Å². The number of hydrazone groups is 1. The van der Waals surface area contributed by atoms with Gasteiger partial charge in [0.1, 0.15) is 5.75 Å². The van der Waals surface area contributed by atoms with Gasteiger partial charge in [-0.2, -0.15) is 13.9 Å². The molecule has 8 heteroatoms. The average Bonchev–Trinajstić information content (AvgIpc) is 2.43. The summed E-state index contributed by atoms with van der Waals surface area (Å²) in [4.78, 5) is 0. The van der Waals surface area contributed by atoms with Gasteiger partial charge in [0.25, 0.3) is 0 Å². The third-order valence-electron chi connectivity index (χ3n) is 2.50. The zero-order valence-corrected chi connectivity index (χ0v) is 13.1. The average molecular weight is 366 g/mol. The Bertz CT molecular complexity index is 655. The van der Waals surface area contributed by atoms with E-state index in [0.29, 0.717) is 26.3 Å². The highest BCUT2D eigenvalue weighted by atomic mass is 35.5. The Labute approximate surface area is 140 Å². The standard InChI is InChI=1S/C14H9Cl3F2N2O/c15-9-5-11(16)13(12(17)6-9)21-20-7-8-1-3-10(4-2-8)22-14(18)19/h1-7,14,21H. The molecule has 0 heterocycles. The van der Waals surface area contributed by atoms with Crippen LogP contribution in [0.4, 0.5) is 14.5 Å². The highest BCUT2D eigenvalue weighted by molar-refractivity contribution is 6.41. The fourth-order valence-electron chi connectivity index (χ4n) is 1.56. The molecule has 2 aromatic carbocycles. The molecule has 0 fully saturated rings. The molecule has 2 aromatic rings. The normalized spacial score (nSPS) is 11.2. The lowest BCUT2D eigenvalue weighted by atomic mass is 10.2. The number of ether oxygens (including phenoxy) is 1. The van der Waals surface area contributed by atoms with E-state index < -0.39 is 6.61 Å². The Morgan fingerprint density at radius 1 is 1.05 bits per heavy atom. The van der Waals surface area contributed by atoms with Gasteiger partial charge in [0.15, 0.2) is 0 Å². The van der Waals surface area contributed by atoms with Gasteiger partial charge in [-0.15, -0.1) is 0 Å². The third kappa shape index (κ3) is 4.73. The van der Waals surface area contributed by atoms with Crippen molar-refractivity contribution >= 4 is 46.7 Å². The lowest BCUT2D eigenvalue weighted by molar-refractivity contribution is -0.0498. The molecule has 0 aromatic heterocycles. The largest absolute Gasteiger partial charge is 0.435 e. The molecule has 2 rings (SSSR count). The number of anilines is 1. The Morgan fingerprint density at radius 2 is 1.64 bits per heavy atom. The Balaban J connectivity index is 2.04. The summed E-state index contributed by atoms with van der Waals surface area (Å²) in [6, 6.07) is 9.04. The van der Waals surface area contributed by atoms with Crippen molar-refractivity contribution in [1.29, 1.82) is 0 Å². The first kappa shape index (κ1) is 16.8. The quantitative estimate of drug-likeness (QED) is 0.545. The van der Waals surface area contributed by atoms with E-state index in [1.165, 1.54) is 30.5 Å².